The molecule has 15 heteroatoms. The number of hydrogen-bond donors (Lipinski definition) is 0. The van der Waals surface area contributed by atoms with E-state index < -0.39 is 88.2 Å². The molecule has 0 spiro atoms. The second-order valence-corrected chi connectivity index (χ2v) is 33.4. The Labute approximate surface area is 427 Å². The van der Waals surface area contributed by atoms with Crippen molar-refractivity contribution in [1.82, 2.24) is 0 Å². The van der Waals surface area contributed by atoms with Crippen LogP contribution in [0.5, 0.6) is 0 Å². The molecule has 2 aliphatic heterocycles. The summed E-state index contributed by atoms with van der Waals surface area (Å²) in [5.74, 6) is -0.385. The quantitative estimate of drug-likeness (QED) is 0.0490. The molecule has 4 aromatic carbocycles. The van der Waals surface area contributed by atoms with Crippen molar-refractivity contribution in [1.29, 1.82) is 0 Å². The fourth-order valence-corrected chi connectivity index (χ4v) is 18.0. The smallest absolute Gasteiger partial charge is 0.272 e. The van der Waals surface area contributed by atoms with Gasteiger partial charge in [0.15, 0.2) is 27.0 Å². The minimum atomic E-state index is -4.35. The van der Waals surface area contributed by atoms with Crippen LogP contribution in [-0.4, -0.2) is 100 Å². The van der Waals surface area contributed by atoms with Gasteiger partial charge in [0.1, 0.15) is 36.3 Å². The zero-order valence-electron chi connectivity index (χ0n) is 44.4. The normalized spacial score (nSPS) is 25.8. The maximum atomic E-state index is 14.7. The van der Waals surface area contributed by atoms with Crippen LogP contribution in [0.4, 0.5) is 0 Å². The van der Waals surface area contributed by atoms with Gasteiger partial charge < -0.3 is 42.0 Å². The van der Waals surface area contributed by atoms with E-state index in [1.54, 1.807) is 19.2 Å². The van der Waals surface area contributed by atoms with Crippen LogP contribution in [0.15, 0.2) is 121 Å². The Morgan fingerprint density at radius 1 is 0.563 bits per heavy atom. The van der Waals surface area contributed by atoms with Crippen molar-refractivity contribution in [2.45, 2.75) is 191 Å². The zero-order chi connectivity index (χ0) is 51.6. The largest absolute Gasteiger partial charge is 0.408 e. The zero-order valence-corrected chi connectivity index (χ0v) is 47.2. The number of benzene rings is 4. The average molecular weight is 1040 g/mol. The highest BCUT2D eigenvalue weighted by Crippen LogP contribution is 2.47. The molecule has 0 amide bonds. The van der Waals surface area contributed by atoms with Gasteiger partial charge in [-0.3, -0.25) is 4.18 Å². The van der Waals surface area contributed by atoms with Gasteiger partial charge in [-0.1, -0.05) is 184 Å². The molecule has 0 N–H and O–H groups in total. The third-order valence-corrected chi connectivity index (χ3v) is 26.3. The highest BCUT2D eigenvalue weighted by Gasteiger charge is 2.59. The van der Waals surface area contributed by atoms with Crippen LogP contribution in [0.2, 0.25) is 34.8 Å². The molecule has 2 aliphatic rings. The van der Waals surface area contributed by atoms with E-state index in [0.29, 0.717) is 12.2 Å². The van der Waals surface area contributed by atoms with Gasteiger partial charge in [-0.2, -0.15) is 8.42 Å². The molecule has 0 aliphatic carbocycles. The molecule has 6 rings (SSSR count). The van der Waals surface area contributed by atoms with Crippen molar-refractivity contribution in [2.24, 2.45) is 0 Å². The molecule has 0 saturated carbocycles. The van der Waals surface area contributed by atoms with Gasteiger partial charge in [0, 0.05) is 7.11 Å². The molecule has 2 heterocycles. The summed E-state index contributed by atoms with van der Waals surface area (Å²) in [6, 6.07) is 38.6. The van der Waals surface area contributed by atoms with Crippen LogP contribution in [0, 0.1) is 0 Å². The van der Waals surface area contributed by atoms with Crippen molar-refractivity contribution < 1.29 is 54.6 Å². The Kier molecular flexibility index (Phi) is 20.4. The first-order chi connectivity index (χ1) is 33.7. The first-order valence-corrected chi connectivity index (χ1v) is 32.0. The molecule has 12 nitrogen and oxygen atoms in total. The summed E-state index contributed by atoms with van der Waals surface area (Å²) in [4.78, 5) is 0. The molecule has 0 aromatic heterocycles. The lowest BCUT2D eigenvalue weighted by Gasteiger charge is -2.54. The standard InChI is InChI=1S/C56H82O12SSi2/c1-39(2)71(40(3)4,41(5)6)68-48-42(7)63-55(53(51(48)67-70(12,13)56(8,9)10)66-69(57,58)38-46-32-24-17-25-33-46)65-49-47(37-60-34-43-26-18-14-19-27-43)64-54(59-11)52(62-36-45-30-22-16-23-31-45)50(49)61-35-44-28-20-15-21-29-44/h14-33,39-42,47-55H,34-38H2,1-13H3/t42-,47+,48-,49+,50-,51+,52+,53+,54-,55-/m0/s1. The Morgan fingerprint density at radius 3 is 1.49 bits per heavy atom. The second kappa shape index (κ2) is 25.4. The second-order valence-electron chi connectivity index (χ2n) is 21.6. The van der Waals surface area contributed by atoms with Crippen LogP contribution in [0.3, 0.4) is 0 Å². The summed E-state index contributed by atoms with van der Waals surface area (Å²) in [5, 5.41) is -0.279. The van der Waals surface area contributed by atoms with E-state index in [1.165, 1.54) is 0 Å². The molecule has 392 valence electrons. The number of hydrogen-bond acceptors (Lipinski definition) is 12. The average Bonchev–Trinajstić information content (AvgIpc) is 3.32. The Hall–Kier alpha value is -3.14. The van der Waals surface area contributed by atoms with Crippen LogP contribution in [0.1, 0.15) is 91.5 Å². The van der Waals surface area contributed by atoms with Crippen LogP contribution in [-0.2, 0) is 81.9 Å². The molecule has 2 saturated heterocycles. The SMILES string of the molecule is CO[C@H]1O[C@H](COCc2ccccc2)[C@@H](O[C@@H]2O[C@@H](C)[C@H](O[Si](C(C)C)(C(C)C)C(C)C)[C@@H](O[Si](C)(C)C(C)(C)C)[C@H]2OS(=O)(=O)Cc2ccccc2)[C@H](OCc2ccccc2)[C@H]1OCc1ccccc1. The Bertz CT molecular complexity index is 2260. The van der Waals surface area contributed by atoms with E-state index in [4.69, 9.17) is 46.2 Å². The molecular weight excluding hydrogens is 953 g/mol. The van der Waals surface area contributed by atoms with Crippen molar-refractivity contribution >= 4 is 26.8 Å². The number of methoxy groups -OCH3 is 1. The topological polar surface area (TPSA) is 126 Å². The van der Waals surface area contributed by atoms with Gasteiger partial charge >= 0.3 is 0 Å². The lowest BCUT2D eigenvalue weighted by atomic mass is 9.96. The van der Waals surface area contributed by atoms with Gasteiger partial charge in [-0.25, -0.2) is 0 Å². The minimum absolute atomic E-state index is 0.0526. The van der Waals surface area contributed by atoms with E-state index in [0.717, 1.165) is 16.7 Å². The van der Waals surface area contributed by atoms with Gasteiger partial charge in [-0.15, -0.1) is 0 Å². The van der Waals surface area contributed by atoms with Crippen LogP contribution >= 0.6 is 0 Å². The Morgan fingerprint density at radius 2 is 1.03 bits per heavy atom. The van der Waals surface area contributed by atoms with Gasteiger partial charge in [0.25, 0.3) is 10.1 Å². The minimum Gasteiger partial charge on any atom is -0.408 e. The lowest BCUT2D eigenvalue weighted by Crippen LogP contribution is -2.68. The summed E-state index contributed by atoms with van der Waals surface area (Å²) >= 11 is 0. The fraction of sp³-hybridized carbons (Fsp3) is 0.571. The summed E-state index contributed by atoms with van der Waals surface area (Å²) < 4.78 is 98.8. The third-order valence-electron chi connectivity index (χ3n) is 14.5. The van der Waals surface area contributed by atoms with Gasteiger partial charge in [0.2, 0.25) is 8.32 Å². The highest BCUT2D eigenvalue weighted by atomic mass is 32.2. The molecule has 0 bridgehead atoms. The molecule has 2 fully saturated rings. The van der Waals surface area contributed by atoms with Crippen molar-refractivity contribution in [3.8, 4) is 0 Å². The third kappa shape index (κ3) is 14.8. The van der Waals surface area contributed by atoms with E-state index >= 15 is 0 Å². The van der Waals surface area contributed by atoms with E-state index in [2.05, 4.69) is 75.4 Å². The van der Waals surface area contributed by atoms with Gasteiger partial charge in [0.05, 0.1) is 38.6 Å². The number of rotatable bonds is 24. The molecule has 10 atom stereocenters. The molecule has 0 unspecified atom stereocenters. The van der Waals surface area contributed by atoms with Crippen LogP contribution in [0.25, 0.3) is 0 Å². The van der Waals surface area contributed by atoms with Crippen molar-refractivity contribution in [3.05, 3.63) is 144 Å². The van der Waals surface area contributed by atoms with Gasteiger partial charge in [-0.05, 0) is 63.9 Å². The molecule has 0 radical (unpaired) electrons. The summed E-state index contributed by atoms with van der Waals surface area (Å²) in [5.41, 5.74) is 4.04. The van der Waals surface area contributed by atoms with Crippen molar-refractivity contribution in [3.63, 3.8) is 0 Å². The van der Waals surface area contributed by atoms with Crippen molar-refractivity contribution in [2.75, 3.05) is 13.7 Å². The summed E-state index contributed by atoms with van der Waals surface area (Å²) in [6.45, 7) is 26.9. The summed E-state index contributed by atoms with van der Waals surface area (Å²) in [7, 11) is -8.19. The first kappa shape index (κ1) is 57.1. The maximum Gasteiger partial charge on any atom is 0.272 e. The van der Waals surface area contributed by atoms with E-state index in [9.17, 15) is 8.42 Å². The fourth-order valence-electron chi connectivity index (χ4n) is 9.91. The molecule has 4 aromatic rings. The lowest BCUT2D eigenvalue weighted by molar-refractivity contribution is -0.360. The monoisotopic (exact) mass is 1030 g/mol. The summed E-state index contributed by atoms with van der Waals surface area (Å²) in [6.07, 6.45) is -9.47. The first-order valence-electron chi connectivity index (χ1n) is 25.4. The predicted molar refractivity (Wildman–Crippen MR) is 283 cm³/mol. The van der Waals surface area contributed by atoms with E-state index in [1.807, 2.05) is 116 Å². The number of ether oxygens (including phenoxy) is 7. The maximum absolute atomic E-state index is 14.7. The highest BCUT2D eigenvalue weighted by molar-refractivity contribution is 7.85. The van der Waals surface area contributed by atoms with Crippen LogP contribution < -0.4 is 0 Å². The molecular formula is C56H82O12SSi2. The molecule has 71 heavy (non-hydrogen) atoms. The predicted octanol–water partition coefficient (Wildman–Crippen LogP) is 11.7. The Balaban J connectivity index is 1.50. The van der Waals surface area contributed by atoms with E-state index in [-0.39, 0.29) is 47.2 Å².